The van der Waals surface area contributed by atoms with Crippen LogP contribution in [0, 0.1) is 5.92 Å². The van der Waals surface area contributed by atoms with Crippen LogP contribution in [0.2, 0.25) is 0 Å². The molecular weight excluding hydrogens is 446 g/mol. The van der Waals surface area contributed by atoms with Crippen LogP contribution in [0.25, 0.3) is 0 Å². The van der Waals surface area contributed by atoms with E-state index in [2.05, 4.69) is 36.6 Å². The monoisotopic (exact) mass is 477 g/mol. The van der Waals surface area contributed by atoms with Crippen LogP contribution in [0.5, 0.6) is 0 Å². The first-order valence-corrected chi connectivity index (χ1v) is 11.0. The zero-order chi connectivity index (χ0) is 24.7. The minimum absolute atomic E-state index is 0.107. The largest absolute Gasteiger partial charge is 0.394 e. The molecule has 0 saturated heterocycles. The Balaban J connectivity index is 1.67. The number of fused-ring (bicyclic) bond motifs is 1. The molecule has 6 atom stereocenters. The third kappa shape index (κ3) is 5.99. The van der Waals surface area contributed by atoms with E-state index in [4.69, 9.17) is 0 Å². The van der Waals surface area contributed by atoms with Gasteiger partial charge in [-0.1, -0.05) is 18.2 Å². The fourth-order valence-electron chi connectivity index (χ4n) is 4.06. The quantitative estimate of drug-likeness (QED) is 0.139. The average Bonchev–Trinajstić information content (AvgIpc) is 3.32. The summed E-state index contributed by atoms with van der Waals surface area (Å²) in [5.74, 6) is -0.901. The SMILES string of the molecule is CC=CC=CC(=O)NCC(=O)NC1C(O)C(O)C(Nc2ncnc3c2NCN3)CC1C(O)CO. The van der Waals surface area contributed by atoms with Crippen LogP contribution in [0.15, 0.2) is 30.6 Å². The standard InChI is InChI=1S/C21H31N7O6/c1-2-3-4-5-14(31)22-7-15(32)28-16-11(13(30)8-29)6-12(18(33)19(16)34)27-21-17-20(24-9-23-17)25-10-26-21/h2-5,10-13,16,18-19,23,29-30,33-34H,6-9H2,1H3,(H,22,31)(H,28,32)(H2,24,25,26,27). The van der Waals surface area contributed by atoms with Crippen molar-refractivity contribution in [1.82, 2.24) is 20.6 Å². The number of rotatable bonds is 9. The number of nitrogens with one attached hydrogen (secondary N) is 5. The highest BCUT2D eigenvalue weighted by molar-refractivity contribution is 5.91. The summed E-state index contributed by atoms with van der Waals surface area (Å²) in [4.78, 5) is 32.4. The highest BCUT2D eigenvalue weighted by atomic mass is 16.3. The molecule has 13 nitrogen and oxygen atoms in total. The maximum absolute atomic E-state index is 12.4. The van der Waals surface area contributed by atoms with Gasteiger partial charge < -0.3 is 47.0 Å². The van der Waals surface area contributed by atoms with Gasteiger partial charge in [-0.25, -0.2) is 9.97 Å². The molecule has 0 spiro atoms. The van der Waals surface area contributed by atoms with Crippen molar-refractivity contribution in [2.24, 2.45) is 5.92 Å². The Hall–Kier alpha value is -3.26. The molecule has 2 aliphatic rings. The van der Waals surface area contributed by atoms with E-state index in [0.717, 1.165) is 0 Å². The number of allylic oxidation sites excluding steroid dienone is 3. The van der Waals surface area contributed by atoms with E-state index >= 15 is 0 Å². The number of nitrogens with zero attached hydrogens (tertiary/aromatic N) is 2. The van der Waals surface area contributed by atoms with Gasteiger partial charge in [0.15, 0.2) is 11.6 Å². The normalized spacial score (nSPS) is 27.0. The molecular formula is C21H31N7O6. The molecule has 2 amide bonds. The third-order valence-corrected chi connectivity index (χ3v) is 5.79. The van der Waals surface area contributed by atoms with E-state index in [1.807, 2.05) is 0 Å². The number of hydrogen-bond acceptors (Lipinski definition) is 11. The molecule has 1 aromatic rings. The number of hydrogen-bond donors (Lipinski definition) is 9. The topological polar surface area (TPSA) is 201 Å². The molecule has 1 aromatic heterocycles. The molecule has 3 rings (SSSR count). The first-order valence-electron chi connectivity index (χ1n) is 11.0. The summed E-state index contributed by atoms with van der Waals surface area (Å²) < 4.78 is 0. The van der Waals surface area contributed by atoms with Crippen LogP contribution in [0.1, 0.15) is 13.3 Å². The van der Waals surface area contributed by atoms with Gasteiger partial charge in [0.25, 0.3) is 0 Å². The van der Waals surface area contributed by atoms with Crippen LogP contribution in [-0.4, -0.2) is 92.4 Å². The third-order valence-electron chi connectivity index (χ3n) is 5.79. The molecule has 186 valence electrons. The molecule has 9 N–H and O–H groups in total. The highest BCUT2D eigenvalue weighted by Crippen LogP contribution is 2.34. The Kier molecular flexibility index (Phi) is 8.76. The smallest absolute Gasteiger partial charge is 0.244 e. The number of anilines is 3. The Morgan fingerprint density at radius 1 is 1.24 bits per heavy atom. The summed E-state index contributed by atoms with van der Waals surface area (Å²) in [5, 5.41) is 55.6. The van der Waals surface area contributed by atoms with Gasteiger partial charge in [-0.2, -0.15) is 0 Å². The van der Waals surface area contributed by atoms with Crippen LogP contribution >= 0.6 is 0 Å². The molecule has 1 fully saturated rings. The van der Waals surface area contributed by atoms with Crippen molar-refractivity contribution in [3.05, 3.63) is 30.6 Å². The minimum atomic E-state index is -1.47. The lowest BCUT2D eigenvalue weighted by Gasteiger charge is -2.44. The predicted octanol–water partition coefficient (Wildman–Crippen LogP) is -2.12. The van der Waals surface area contributed by atoms with E-state index in [-0.39, 0.29) is 13.0 Å². The number of carbonyl (C=O) groups excluding carboxylic acids is 2. The molecule has 13 heteroatoms. The summed E-state index contributed by atoms with van der Waals surface area (Å²) in [5.41, 5.74) is 0.609. The van der Waals surface area contributed by atoms with Gasteiger partial charge in [-0.05, 0) is 13.3 Å². The number of aliphatic hydroxyl groups is 4. The van der Waals surface area contributed by atoms with E-state index in [0.29, 0.717) is 24.0 Å². The molecule has 6 unspecified atom stereocenters. The number of amides is 2. The van der Waals surface area contributed by atoms with E-state index in [9.17, 15) is 30.0 Å². The lowest BCUT2D eigenvalue weighted by atomic mass is 9.75. The Morgan fingerprint density at radius 2 is 2.03 bits per heavy atom. The van der Waals surface area contributed by atoms with Crippen molar-refractivity contribution in [3.8, 4) is 0 Å². The molecule has 0 bridgehead atoms. The van der Waals surface area contributed by atoms with Crippen LogP contribution in [0.3, 0.4) is 0 Å². The summed E-state index contributed by atoms with van der Waals surface area (Å²) in [7, 11) is 0. The molecule has 1 aliphatic heterocycles. The second-order valence-corrected chi connectivity index (χ2v) is 8.05. The summed E-state index contributed by atoms with van der Waals surface area (Å²) in [6.45, 7) is 1.28. The van der Waals surface area contributed by atoms with E-state index < -0.39 is 54.7 Å². The number of aliphatic hydroxyl groups excluding tert-OH is 4. The number of aromatic nitrogens is 2. The first-order chi connectivity index (χ1) is 16.3. The molecule has 2 heterocycles. The predicted molar refractivity (Wildman–Crippen MR) is 124 cm³/mol. The summed E-state index contributed by atoms with van der Waals surface area (Å²) in [6, 6.07) is -1.80. The van der Waals surface area contributed by atoms with Gasteiger partial charge in [0.2, 0.25) is 11.8 Å². The first kappa shape index (κ1) is 25.4. The molecule has 1 saturated carbocycles. The van der Waals surface area contributed by atoms with E-state index in [1.165, 1.54) is 18.5 Å². The Labute approximate surface area is 196 Å². The number of carbonyl (C=O) groups is 2. The van der Waals surface area contributed by atoms with Crippen molar-refractivity contribution in [2.45, 2.75) is 43.7 Å². The van der Waals surface area contributed by atoms with Crippen molar-refractivity contribution < 1.29 is 30.0 Å². The van der Waals surface area contributed by atoms with Gasteiger partial charge in [0, 0.05) is 12.0 Å². The fourth-order valence-corrected chi connectivity index (χ4v) is 4.06. The summed E-state index contributed by atoms with van der Waals surface area (Å²) >= 11 is 0. The second-order valence-electron chi connectivity index (χ2n) is 8.05. The molecule has 34 heavy (non-hydrogen) atoms. The molecule has 1 aliphatic carbocycles. The average molecular weight is 478 g/mol. The van der Waals surface area contributed by atoms with E-state index in [1.54, 1.807) is 19.1 Å². The lowest BCUT2D eigenvalue weighted by molar-refractivity contribution is -0.130. The Bertz CT molecular complexity index is 927. The second kappa shape index (κ2) is 11.7. The zero-order valence-electron chi connectivity index (χ0n) is 18.7. The van der Waals surface area contributed by atoms with Gasteiger partial charge in [0.1, 0.15) is 24.2 Å². The van der Waals surface area contributed by atoms with Crippen molar-refractivity contribution >= 4 is 29.1 Å². The highest BCUT2D eigenvalue weighted by Gasteiger charge is 2.46. The maximum Gasteiger partial charge on any atom is 0.244 e. The lowest BCUT2D eigenvalue weighted by Crippen LogP contribution is -2.64. The van der Waals surface area contributed by atoms with Gasteiger partial charge in [-0.3, -0.25) is 9.59 Å². The molecule has 0 aromatic carbocycles. The summed E-state index contributed by atoms with van der Waals surface area (Å²) in [6.07, 6.45) is 3.57. The molecule has 0 radical (unpaired) electrons. The van der Waals surface area contributed by atoms with Crippen LogP contribution in [-0.2, 0) is 9.59 Å². The van der Waals surface area contributed by atoms with Gasteiger partial charge in [0.05, 0.1) is 38.0 Å². The van der Waals surface area contributed by atoms with Crippen molar-refractivity contribution in [1.29, 1.82) is 0 Å². The Morgan fingerprint density at radius 3 is 2.76 bits per heavy atom. The van der Waals surface area contributed by atoms with Crippen molar-refractivity contribution in [2.75, 3.05) is 35.8 Å². The van der Waals surface area contributed by atoms with Gasteiger partial charge >= 0.3 is 0 Å². The van der Waals surface area contributed by atoms with Gasteiger partial charge in [-0.15, -0.1) is 0 Å². The zero-order valence-corrected chi connectivity index (χ0v) is 18.7. The maximum atomic E-state index is 12.4. The van der Waals surface area contributed by atoms with Crippen LogP contribution in [0.4, 0.5) is 17.3 Å². The van der Waals surface area contributed by atoms with Crippen LogP contribution < -0.4 is 26.6 Å². The minimum Gasteiger partial charge on any atom is -0.394 e. The fraction of sp³-hybridized carbons (Fsp3) is 0.524. The van der Waals surface area contributed by atoms with Crippen molar-refractivity contribution in [3.63, 3.8) is 0 Å².